The smallest absolute Gasteiger partial charge is 0.336 e. The Morgan fingerprint density at radius 3 is 2.06 bits per heavy atom. The lowest BCUT2D eigenvalue weighted by molar-refractivity contribution is -0.139. The van der Waals surface area contributed by atoms with E-state index < -0.39 is 17.9 Å². The predicted octanol–water partition coefficient (Wildman–Crippen LogP) is 5.59. The van der Waals surface area contributed by atoms with Gasteiger partial charge in [-0.05, 0) is 70.0 Å². The van der Waals surface area contributed by atoms with Crippen molar-refractivity contribution in [1.82, 2.24) is 4.98 Å². The van der Waals surface area contributed by atoms with Crippen molar-refractivity contribution < 1.29 is 24.2 Å². The number of anilines is 1. The second-order valence-corrected chi connectivity index (χ2v) is 9.28. The number of aromatic nitrogens is 1. The maximum atomic E-state index is 13.3. The predicted molar refractivity (Wildman–Crippen MR) is 136 cm³/mol. The lowest BCUT2D eigenvalue weighted by atomic mass is 9.80. The Morgan fingerprint density at radius 2 is 1.51 bits per heavy atom. The highest BCUT2D eigenvalue weighted by molar-refractivity contribution is 7.22. The van der Waals surface area contributed by atoms with E-state index in [0.29, 0.717) is 33.2 Å². The third-order valence-corrected chi connectivity index (χ3v) is 6.97. The van der Waals surface area contributed by atoms with Crippen LogP contribution in [0.4, 0.5) is 5.13 Å². The van der Waals surface area contributed by atoms with Crippen LogP contribution in [0.2, 0.25) is 0 Å². The van der Waals surface area contributed by atoms with Crippen LogP contribution in [-0.2, 0) is 19.1 Å². The third kappa shape index (κ3) is 4.53. The molecule has 3 aromatic rings. The van der Waals surface area contributed by atoms with E-state index in [1.54, 1.807) is 26.0 Å². The molecule has 0 saturated heterocycles. The molecule has 35 heavy (non-hydrogen) atoms. The Labute approximate surface area is 208 Å². The van der Waals surface area contributed by atoms with Crippen LogP contribution < -0.4 is 4.90 Å². The quantitative estimate of drug-likeness (QED) is 0.449. The highest BCUT2D eigenvalue weighted by Gasteiger charge is 2.41. The Hall–Kier alpha value is -3.65. The summed E-state index contributed by atoms with van der Waals surface area (Å²) >= 11 is 1.49. The highest BCUT2D eigenvalue weighted by Crippen LogP contribution is 2.46. The Kier molecular flexibility index (Phi) is 6.93. The molecule has 0 unspecified atom stereocenters. The summed E-state index contributed by atoms with van der Waals surface area (Å²) in [5, 5.41) is 10.5. The van der Waals surface area contributed by atoms with E-state index in [2.05, 4.69) is 6.07 Å². The van der Waals surface area contributed by atoms with Crippen LogP contribution >= 0.6 is 11.3 Å². The van der Waals surface area contributed by atoms with E-state index in [9.17, 15) is 14.7 Å². The molecule has 0 aliphatic carbocycles. The second kappa shape index (κ2) is 9.92. The number of aromatic hydroxyl groups is 1. The summed E-state index contributed by atoms with van der Waals surface area (Å²) in [5.41, 5.74) is 4.56. The normalized spacial score (nSPS) is 14.6. The van der Waals surface area contributed by atoms with E-state index in [-0.39, 0.29) is 19.0 Å². The van der Waals surface area contributed by atoms with Crippen LogP contribution in [-0.4, -0.2) is 35.2 Å². The third-order valence-electron chi connectivity index (χ3n) is 5.97. The Morgan fingerprint density at radius 1 is 0.943 bits per heavy atom. The Balaban J connectivity index is 1.99. The van der Waals surface area contributed by atoms with Gasteiger partial charge in [0.25, 0.3) is 0 Å². The van der Waals surface area contributed by atoms with Gasteiger partial charge in [0.2, 0.25) is 0 Å². The molecule has 8 heteroatoms. The molecule has 4 rings (SSSR count). The van der Waals surface area contributed by atoms with Gasteiger partial charge < -0.3 is 14.6 Å². The number of esters is 2. The molecule has 182 valence electrons. The minimum Gasteiger partial charge on any atom is -0.508 e. The van der Waals surface area contributed by atoms with Gasteiger partial charge in [0.1, 0.15) is 5.75 Å². The van der Waals surface area contributed by atoms with E-state index in [4.69, 9.17) is 14.5 Å². The summed E-state index contributed by atoms with van der Waals surface area (Å²) in [6, 6.07) is 12.5. The number of fused-ring (bicyclic) bond motifs is 1. The first-order valence-corrected chi connectivity index (χ1v) is 12.3. The van der Waals surface area contributed by atoms with E-state index in [0.717, 1.165) is 15.8 Å². The van der Waals surface area contributed by atoms with Gasteiger partial charge in [-0.25, -0.2) is 14.6 Å². The van der Waals surface area contributed by atoms with Crippen molar-refractivity contribution in [3.05, 3.63) is 76.1 Å². The van der Waals surface area contributed by atoms with Gasteiger partial charge in [-0.2, -0.15) is 0 Å². The number of hydrogen-bond acceptors (Lipinski definition) is 8. The van der Waals surface area contributed by atoms with Crippen molar-refractivity contribution in [2.24, 2.45) is 0 Å². The average Bonchev–Trinajstić information content (AvgIpc) is 3.22. The molecular weight excluding hydrogens is 464 g/mol. The van der Waals surface area contributed by atoms with Crippen molar-refractivity contribution in [1.29, 1.82) is 0 Å². The van der Waals surface area contributed by atoms with Gasteiger partial charge in [-0.1, -0.05) is 29.5 Å². The van der Waals surface area contributed by atoms with Crippen molar-refractivity contribution in [3.63, 3.8) is 0 Å². The van der Waals surface area contributed by atoms with Crippen LogP contribution in [0.25, 0.3) is 10.2 Å². The number of thiazole rings is 1. The lowest BCUT2D eigenvalue weighted by Crippen LogP contribution is -2.35. The number of aryl methyl sites for hydroxylation is 1. The van der Waals surface area contributed by atoms with Crippen molar-refractivity contribution in [3.8, 4) is 5.75 Å². The first kappa shape index (κ1) is 24.5. The van der Waals surface area contributed by atoms with Crippen LogP contribution in [0, 0.1) is 6.92 Å². The molecule has 2 heterocycles. The fourth-order valence-corrected chi connectivity index (χ4v) is 5.57. The molecule has 7 nitrogen and oxygen atoms in total. The monoisotopic (exact) mass is 492 g/mol. The standard InChI is InChI=1S/C27H28N2O5S/c1-6-33-25(31)22-16(4)29(27-28-20-13-8-15(3)14-21(20)35-27)17(5)23(26(32)34-7-2)24(22)18-9-11-19(30)12-10-18/h8-14,24,30H,6-7H2,1-5H3. The van der Waals surface area contributed by atoms with E-state index in [1.807, 2.05) is 37.8 Å². The summed E-state index contributed by atoms with van der Waals surface area (Å²) in [6.45, 7) is 9.56. The van der Waals surface area contributed by atoms with Crippen LogP contribution in [0.5, 0.6) is 5.75 Å². The summed E-state index contributed by atoms with van der Waals surface area (Å²) in [6.07, 6.45) is 0. The van der Waals surface area contributed by atoms with Crippen LogP contribution in [0.15, 0.2) is 65.0 Å². The summed E-state index contributed by atoms with van der Waals surface area (Å²) < 4.78 is 11.9. The van der Waals surface area contributed by atoms with E-state index in [1.165, 1.54) is 23.5 Å². The van der Waals surface area contributed by atoms with Crippen molar-refractivity contribution >= 4 is 38.6 Å². The molecule has 0 bridgehead atoms. The van der Waals surface area contributed by atoms with E-state index >= 15 is 0 Å². The molecule has 0 saturated carbocycles. The molecule has 0 spiro atoms. The summed E-state index contributed by atoms with van der Waals surface area (Å²) in [4.78, 5) is 33.3. The number of ether oxygens (including phenoxy) is 2. The topological polar surface area (TPSA) is 89.0 Å². The molecule has 1 aliphatic heterocycles. The van der Waals surface area contributed by atoms with Gasteiger partial charge in [-0.3, -0.25) is 4.90 Å². The number of benzene rings is 2. The van der Waals surface area contributed by atoms with Gasteiger partial charge in [0.05, 0.1) is 40.5 Å². The molecule has 1 aliphatic rings. The number of nitrogens with zero attached hydrogens (tertiary/aromatic N) is 2. The highest BCUT2D eigenvalue weighted by atomic mass is 32.1. The number of carbonyl (C=O) groups is 2. The minimum absolute atomic E-state index is 0.0905. The number of carbonyl (C=O) groups excluding carboxylic acids is 2. The lowest BCUT2D eigenvalue weighted by Gasteiger charge is -2.36. The molecule has 1 N–H and O–H groups in total. The number of allylic oxidation sites excluding steroid dienone is 2. The minimum atomic E-state index is -0.721. The zero-order valence-corrected chi connectivity index (χ0v) is 21.2. The maximum absolute atomic E-state index is 13.3. The molecule has 0 radical (unpaired) electrons. The molecule has 0 amide bonds. The first-order chi connectivity index (χ1) is 16.8. The van der Waals surface area contributed by atoms with Crippen LogP contribution in [0.3, 0.4) is 0 Å². The second-order valence-electron chi connectivity index (χ2n) is 8.27. The van der Waals surface area contributed by atoms with Gasteiger partial charge >= 0.3 is 11.9 Å². The van der Waals surface area contributed by atoms with Crippen LogP contribution in [0.1, 0.15) is 44.7 Å². The average molecular weight is 493 g/mol. The fraction of sp³-hybridized carbons (Fsp3) is 0.296. The SMILES string of the molecule is CCOC(=O)C1=C(C)N(c2nc3ccc(C)cc3s2)C(C)=C(C(=O)OCC)C1c1ccc(O)cc1. The molecule has 1 aromatic heterocycles. The Bertz CT molecular complexity index is 1310. The number of phenolic OH excluding ortho intramolecular Hbond substituents is 1. The zero-order chi connectivity index (χ0) is 25.3. The summed E-state index contributed by atoms with van der Waals surface area (Å²) in [5.74, 6) is -1.66. The molecule has 0 atom stereocenters. The molecule has 2 aromatic carbocycles. The molecule has 0 fully saturated rings. The van der Waals surface area contributed by atoms with Crippen molar-refractivity contribution in [2.45, 2.75) is 40.5 Å². The number of phenols is 1. The van der Waals surface area contributed by atoms with Gasteiger partial charge in [0, 0.05) is 11.4 Å². The number of hydrogen-bond donors (Lipinski definition) is 1. The zero-order valence-electron chi connectivity index (χ0n) is 20.4. The maximum Gasteiger partial charge on any atom is 0.336 e. The summed E-state index contributed by atoms with van der Waals surface area (Å²) in [7, 11) is 0. The van der Waals surface area contributed by atoms with Crippen molar-refractivity contribution in [2.75, 3.05) is 18.1 Å². The fourth-order valence-electron chi connectivity index (χ4n) is 4.41. The van der Waals surface area contributed by atoms with Gasteiger partial charge in [-0.15, -0.1) is 0 Å². The first-order valence-electron chi connectivity index (χ1n) is 11.5. The molecular formula is C27H28N2O5S. The van der Waals surface area contributed by atoms with Gasteiger partial charge in [0.15, 0.2) is 5.13 Å². The largest absolute Gasteiger partial charge is 0.508 e. The number of rotatable bonds is 6.